The number of ether oxygens (including phenoxy) is 2. The fraction of sp³-hybridized carbons (Fsp3) is 0.241. The second kappa shape index (κ2) is 10.1. The number of rotatable bonds is 5. The Morgan fingerprint density at radius 2 is 1.60 bits per heavy atom. The van der Waals surface area contributed by atoms with Crippen LogP contribution in [0.2, 0.25) is 0 Å². The maximum absolute atomic E-state index is 13.5. The Bertz CT molecular complexity index is 1230. The lowest BCUT2D eigenvalue weighted by atomic mass is 9.77. The van der Waals surface area contributed by atoms with E-state index in [0.29, 0.717) is 0 Å². The normalized spacial score (nSPS) is 20.2. The van der Waals surface area contributed by atoms with Crippen molar-refractivity contribution >= 4 is 23.5 Å². The van der Waals surface area contributed by atoms with E-state index in [9.17, 15) is 4.79 Å². The van der Waals surface area contributed by atoms with Crippen molar-refractivity contribution in [2.24, 2.45) is 11.0 Å². The molecule has 0 aromatic heterocycles. The number of nitrogens with one attached hydrogen (secondary N) is 1. The van der Waals surface area contributed by atoms with Gasteiger partial charge in [0.2, 0.25) is 0 Å². The van der Waals surface area contributed by atoms with Crippen molar-refractivity contribution in [1.82, 2.24) is 5.01 Å². The van der Waals surface area contributed by atoms with Crippen LogP contribution in [0.15, 0.2) is 89.5 Å². The third-order valence-electron chi connectivity index (χ3n) is 6.65. The van der Waals surface area contributed by atoms with Crippen LogP contribution in [0, 0.1) is 5.92 Å². The van der Waals surface area contributed by atoms with Gasteiger partial charge in [0.25, 0.3) is 0 Å². The molecule has 2 amide bonds. The average Bonchev–Trinajstić information content (AvgIpc) is 3.31. The summed E-state index contributed by atoms with van der Waals surface area (Å²) in [4.78, 5) is 13.5. The number of carbonyl (C=O) groups is 1. The number of nitrogens with zero attached hydrogens (tertiary/aromatic N) is 2. The molecular formula is C29H29N3O3. The molecule has 1 fully saturated rings. The predicted molar refractivity (Wildman–Crippen MR) is 139 cm³/mol. The molecule has 0 saturated heterocycles. The molecule has 1 heterocycles. The molecule has 3 aromatic rings. The highest BCUT2D eigenvalue weighted by atomic mass is 16.5. The van der Waals surface area contributed by atoms with Gasteiger partial charge < -0.3 is 14.8 Å². The monoisotopic (exact) mass is 467 g/mol. The lowest BCUT2D eigenvalue weighted by Crippen LogP contribution is -2.34. The molecule has 5 rings (SSSR count). The summed E-state index contributed by atoms with van der Waals surface area (Å²) in [5, 5.41) is 9.57. The first-order valence-corrected chi connectivity index (χ1v) is 11.9. The van der Waals surface area contributed by atoms with Gasteiger partial charge in [0.15, 0.2) is 0 Å². The second-order valence-electron chi connectivity index (χ2n) is 8.79. The van der Waals surface area contributed by atoms with Crippen molar-refractivity contribution in [3.05, 3.63) is 95.6 Å². The first-order valence-electron chi connectivity index (χ1n) is 11.9. The van der Waals surface area contributed by atoms with E-state index in [0.717, 1.165) is 53.3 Å². The minimum atomic E-state index is -0.234. The molecule has 0 spiro atoms. The highest BCUT2D eigenvalue weighted by molar-refractivity contribution is 6.08. The maximum Gasteiger partial charge on any atom is 0.342 e. The number of urea groups is 1. The van der Waals surface area contributed by atoms with Gasteiger partial charge in [-0.2, -0.15) is 5.10 Å². The first-order chi connectivity index (χ1) is 17.2. The molecule has 35 heavy (non-hydrogen) atoms. The number of fused-ring (bicyclic) bond motifs is 1. The minimum absolute atomic E-state index is 0.128. The van der Waals surface area contributed by atoms with E-state index in [1.54, 1.807) is 19.2 Å². The molecule has 6 nitrogen and oxygen atoms in total. The van der Waals surface area contributed by atoms with Crippen molar-refractivity contribution in [2.45, 2.75) is 25.3 Å². The van der Waals surface area contributed by atoms with E-state index in [2.05, 4.69) is 11.4 Å². The summed E-state index contributed by atoms with van der Waals surface area (Å²) in [6, 6.07) is 25.1. The van der Waals surface area contributed by atoms with Crippen LogP contribution < -0.4 is 14.8 Å². The Morgan fingerprint density at radius 1 is 0.943 bits per heavy atom. The number of methoxy groups -OCH3 is 2. The van der Waals surface area contributed by atoms with Crippen LogP contribution >= 0.6 is 0 Å². The molecule has 0 bridgehead atoms. The summed E-state index contributed by atoms with van der Waals surface area (Å²) < 4.78 is 10.6. The molecule has 1 N–H and O–H groups in total. The number of allylic oxidation sites excluding steroid dienone is 1. The van der Waals surface area contributed by atoms with Crippen LogP contribution in [0.3, 0.4) is 0 Å². The molecule has 1 aliphatic heterocycles. The Morgan fingerprint density at radius 3 is 2.26 bits per heavy atom. The number of carbonyl (C=O) groups excluding carboxylic acids is 1. The standard InChI is InChI=1S/C29H29N3O3/c1-34-24-15-11-20(12-16-24)19-22-7-6-10-26-27(22)31-32(29(33)30-23-8-4-3-5-9-23)28(26)21-13-17-25(35-2)18-14-21/h3-5,8-9,11-19,26,28H,6-7,10H2,1-2H3,(H,30,33)/b22-19-. The van der Waals surface area contributed by atoms with Gasteiger partial charge in [-0.3, -0.25) is 0 Å². The maximum atomic E-state index is 13.5. The first kappa shape index (κ1) is 22.7. The number of benzene rings is 3. The molecule has 0 radical (unpaired) electrons. The zero-order chi connectivity index (χ0) is 24.2. The van der Waals surface area contributed by atoms with Gasteiger partial charge in [-0.25, -0.2) is 9.80 Å². The van der Waals surface area contributed by atoms with Crippen molar-refractivity contribution < 1.29 is 14.3 Å². The third kappa shape index (κ3) is 4.78. The van der Waals surface area contributed by atoms with E-state index in [-0.39, 0.29) is 18.0 Å². The molecule has 2 unspecified atom stereocenters. The van der Waals surface area contributed by atoms with Gasteiger partial charge in [-0.15, -0.1) is 0 Å². The van der Waals surface area contributed by atoms with E-state index in [4.69, 9.17) is 14.6 Å². The number of anilines is 1. The lowest BCUT2D eigenvalue weighted by Gasteiger charge is -2.29. The van der Waals surface area contributed by atoms with Crippen LogP contribution in [-0.4, -0.2) is 31.0 Å². The summed E-state index contributed by atoms with van der Waals surface area (Å²) in [5.74, 6) is 1.75. The number of hydrogen-bond acceptors (Lipinski definition) is 4. The fourth-order valence-electron chi connectivity index (χ4n) is 4.91. The van der Waals surface area contributed by atoms with Crippen molar-refractivity contribution in [2.75, 3.05) is 19.5 Å². The molecule has 2 aliphatic rings. The molecule has 1 saturated carbocycles. The zero-order valence-corrected chi connectivity index (χ0v) is 20.0. The average molecular weight is 468 g/mol. The SMILES string of the molecule is COc1ccc(/C=C2/CCCC3C2=NN(C(=O)Nc2ccccc2)C3c2ccc(OC)cc2)cc1. The highest BCUT2D eigenvalue weighted by Gasteiger charge is 2.43. The number of amides is 2. The lowest BCUT2D eigenvalue weighted by molar-refractivity contribution is 0.188. The Hall–Kier alpha value is -4.06. The van der Waals surface area contributed by atoms with Crippen LogP contribution in [-0.2, 0) is 0 Å². The second-order valence-corrected chi connectivity index (χ2v) is 8.79. The van der Waals surface area contributed by atoms with Crippen molar-refractivity contribution in [3.8, 4) is 11.5 Å². The minimum Gasteiger partial charge on any atom is -0.497 e. The number of hydrazone groups is 1. The van der Waals surface area contributed by atoms with E-state index in [1.165, 1.54) is 5.57 Å². The van der Waals surface area contributed by atoms with E-state index in [1.807, 2.05) is 78.9 Å². The quantitative estimate of drug-likeness (QED) is 0.464. The van der Waals surface area contributed by atoms with Gasteiger partial charge in [-0.05, 0) is 78.4 Å². The largest absolute Gasteiger partial charge is 0.497 e. The topological polar surface area (TPSA) is 63.2 Å². The van der Waals surface area contributed by atoms with Crippen LogP contribution in [0.1, 0.15) is 36.4 Å². The van der Waals surface area contributed by atoms with Gasteiger partial charge in [0.05, 0.1) is 26.0 Å². The van der Waals surface area contributed by atoms with E-state index < -0.39 is 0 Å². The Labute approximate surface area is 205 Å². The number of para-hydroxylation sites is 1. The summed E-state index contributed by atoms with van der Waals surface area (Å²) in [6.07, 6.45) is 5.15. The molecular weight excluding hydrogens is 438 g/mol. The van der Waals surface area contributed by atoms with Gasteiger partial charge in [0.1, 0.15) is 11.5 Å². The Kier molecular flexibility index (Phi) is 6.53. The predicted octanol–water partition coefficient (Wildman–Crippen LogP) is 6.53. The Balaban J connectivity index is 1.50. The van der Waals surface area contributed by atoms with Crippen LogP contribution in [0.25, 0.3) is 6.08 Å². The van der Waals surface area contributed by atoms with Gasteiger partial charge >= 0.3 is 6.03 Å². The molecule has 6 heteroatoms. The summed E-state index contributed by atoms with van der Waals surface area (Å²) in [5.41, 5.74) is 5.06. The van der Waals surface area contributed by atoms with Crippen LogP contribution in [0.5, 0.6) is 11.5 Å². The van der Waals surface area contributed by atoms with Gasteiger partial charge in [0, 0.05) is 11.6 Å². The zero-order valence-electron chi connectivity index (χ0n) is 20.0. The molecule has 2 atom stereocenters. The summed E-state index contributed by atoms with van der Waals surface area (Å²) in [6.45, 7) is 0. The molecule has 178 valence electrons. The summed E-state index contributed by atoms with van der Waals surface area (Å²) >= 11 is 0. The van der Waals surface area contributed by atoms with Crippen LogP contribution in [0.4, 0.5) is 10.5 Å². The number of hydrogen-bond donors (Lipinski definition) is 1. The fourth-order valence-corrected chi connectivity index (χ4v) is 4.91. The van der Waals surface area contributed by atoms with Crippen molar-refractivity contribution in [1.29, 1.82) is 0 Å². The third-order valence-corrected chi connectivity index (χ3v) is 6.65. The highest BCUT2D eigenvalue weighted by Crippen LogP contribution is 2.44. The smallest absolute Gasteiger partial charge is 0.342 e. The molecule has 3 aromatic carbocycles. The molecule has 1 aliphatic carbocycles. The van der Waals surface area contributed by atoms with E-state index >= 15 is 0 Å². The van der Waals surface area contributed by atoms with Crippen molar-refractivity contribution in [3.63, 3.8) is 0 Å². The van der Waals surface area contributed by atoms with Gasteiger partial charge in [-0.1, -0.05) is 42.5 Å². The summed E-state index contributed by atoms with van der Waals surface area (Å²) in [7, 11) is 3.32.